The lowest BCUT2D eigenvalue weighted by Crippen LogP contribution is -2.35. The summed E-state index contributed by atoms with van der Waals surface area (Å²) < 4.78 is 4.44. The van der Waals surface area contributed by atoms with Crippen molar-refractivity contribution in [3.63, 3.8) is 0 Å². The number of rotatable bonds is 4. The standard InChI is InChI=1S/C14H14ClNO3/c1-19-13(17)3-2-6-16-14(18)12-7-9-4-5-10(15)8-11(9)12/h2-5,8,12H,6-7H2,1H3,(H,16,18)/b3-2+. The Kier molecular flexibility index (Phi) is 4.22. The van der Waals surface area contributed by atoms with Crippen molar-refractivity contribution in [2.45, 2.75) is 12.3 Å². The van der Waals surface area contributed by atoms with Crippen molar-refractivity contribution in [3.05, 3.63) is 46.5 Å². The lowest BCUT2D eigenvalue weighted by Gasteiger charge is -2.29. The monoisotopic (exact) mass is 279 g/mol. The molecule has 1 aromatic carbocycles. The van der Waals surface area contributed by atoms with Crippen molar-refractivity contribution < 1.29 is 14.3 Å². The molecule has 2 rings (SSSR count). The largest absolute Gasteiger partial charge is 0.466 e. The fourth-order valence-electron chi connectivity index (χ4n) is 2.01. The smallest absolute Gasteiger partial charge is 0.330 e. The number of halogens is 1. The Morgan fingerprint density at radius 1 is 1.53 bits per heavy atom. The van der Waals surface area contributed by atoms with E-state index in [1.165, 1.54) is 13.2 Å². The summed E-state index contributed by atoms with van der Waals surface area (Å²) in [5.41, 5.74) is 2.15. The maximum atomic E-state index is 11.9. The van der Waals surface area contributed by atoms with Gasteiger partial charge in [0.1, 0.15) is 0 Å². The SMILES string of the molecule is COC(=O)/C=C/CNC(=O)C1Cc2ccc(Cl)cc21. The number of hydrogen-bond acceptors (Lipinski definition) is 3. The minimum Gasteiger partial charge on any atom is -0.466 e. The number of nitrogens with one attached hydrogen (secondary N) is 1. The Morgan fingerprint density at radius 2 is 2.32 bits per heavy atom. The highest BCUT2D eigenvalue weighted by Crippen LogP contribution is 2.36. The molecule has 1 atom stereocenters. The van der Waals surface area contributed by atoms with Gasteiger partial charge in [-0.15, -0.1) is 0 Å². The second-order valence-corrected chi connectivity index (χ2v) is 4.71. The molecule has 0 heterocycles. The van der Waals surface area contributed by atoms with E-state index in [9.17, 15) is 9.59 Å². The predicted molar refractivity (Wildman–Crippen MR) is 72.1 cm³/mol. The average Bonchev–Trinajstić information content (AvgIpc) is 2.38. The number of methoxy groups -OCH3 is 1. The molecule has 1 N–H and O–H groups in total. The Labute approximate surface area is 116 Å². The van der Waals surface area contributed by atoms with Crippen LogP contribution in [-0.2, 0) is 20.7 Å². The highest BCUT2D eigenvalue weighted by Gasteiger charge is 2.31. The normalized spacial score (nSPS) is 16.6. The van der Waals surface area contributed by atoms with Gasteiger partial charge in [-0.2, -0.15) is 0 Å². The molecule has 100 valence electrons. The first-order valence-electron chi connectivity index (χ1n) is 5.92. The fourth-order valence-corrected chi connectivity index (χ4v) is 2.20. The number of amides is 1. The number of carbonyl (C=O) groups is 2. The molecule has 0 fully saturated rings. The molecule has 19 heavy (non-hydrogen) atoms. The fraction of sp³-hybridized carbons (Fsp3) is 0.286. The van der Waals surface area contributed by atoms with Crippen LogP contribution in [0.15, 0.2) is 30.4 Å². The molecule has 1 aliphatic rings. The summed E-state index contributed by atoms with van der Waals surface area (Å²) >= 11 is 5.90. The molecular formula is C14H14ClNO3. The van der Waals surface area contributed by atoms with E-state index in [0.29, 0.717) is 11.6 Å². The highest BCUT2D eigenvalue weighted by molar-refractivity contribution is 6.30. The molecule has 0 spiro atoms. The topological polar surface area (TPSA) is 55.4 Å². The van der Waals surface area contributed by atoms with Crippen LogP contribution >= 0.6 is 11.6 Å². The van der Waals surface area contributed by atoms with E-state index < -0.39 is 5.97 Å². The van der Waals surface area contributed by atoms with E-state index in [1.54, 1.807) is 6.08 Å². The molecule has 5 heteroatoms. The number of carbonyl (C=O) groups excluding carboxylic acids is 2. The van der Waals surface area contributed by atoms with Crippen LogP contribution in [-0.4, -0.2) is 25.5 Å². The lowest BCUT2D eigenvalue weighted by atomic mass is 9.77. The summed E-state index contributed by atoms with van der Waals surface area (Å²) in [5.74, 6) is -0.625. The van der Waals surface area contributed by atoms with Crippen LogP contribution in [0.1, 0.15) is 17.0 Å². The Balaban J connectivity index is 1.86. The van der Waals surface area contributed by atoms with E-state index in [4.69, 9.17) is 11.6 Å². The second-order valence-electron chi connectivity index (χ2n) is 4.27. The van der Waals surface area contributed by atoms with Gasteiger partial charge in [0.25, 0.3) is 0 Å². The van der Waals surface area contributed by atoms with E-state index in [-0.39, 0.29) is 11.8 Å². The van der Waals surface area contributed by atoms with E-state index in [2.05, 4.69) is 10.1 Å². The van der Waals surface area contributed by atoms with Gasteiger partial charge >= 0.3 is 5.97 Å². The van der Waals surface area contributed by atoms with Crippen molar-refractivity contribution in [1.82, 2.24) is 5.32 Å². The summed E-state index contributed by atoms with van der Waals surface area (Å²) in [5, 5.41) is 3.39. The quantitative estimate of drug-likeness (QED) is 0.676. The first-order valence-corrected chi connectivity index (χ1v) is 6.30. The zero-order valence-corrected chi connectivity index (χ0v) is 11.2. The minimum atomic E-state index is -0.435. The Hall–Kier alpha value is -1.81. The van der Waals surface area contributed by atoms with Crippen molar-refractivity contribution in [3.8, 4) is 0 Å². The third-order valence-corrected chi connectivity index (χ3v) is 3.31. The van der Waals surface area contributed by atoms with Crippen molar-refractivity contribution in [2.24, 2.45) is 0 Å². The van der Waals surface area contributed by atoms with E-state index in [1.807, 2.05) is 18.2 Å². The first-order chi connectivity index (χ1) is 9.11. The summed E-state index contributed by atoms with van der Waals surface area (Å²) in [6, 6.07) is 5.60. The molecule has 1 unspecified atom stereocenters. The third kappa shape index (κ3) is 3.15. The summed E-state index contributed by atoms with van der Waals surface area (Å²) in [6.07, 6.45) is 3.58. The molecule has 0 bridgehead atoms. The molecule has 0 radical (unpaired) electrons. The lowest BCUT2D eigenvalue weighted by molar-refractivity contribution is -0.134. The molecule has 0 saturated heterocycles. The van der Waals surface area contributed by atoms with Gasteiger partial charge in [-0.25, -0.2) is 4.79 Å². The zero-order chi connectivity index (χ0) is 13.8. The first kappa shape index (κ1) is 13.6. The van der Waals surface area contributed by atoms with Crippen molar-refractivity contribution >= 4 is 23.5 Å². The van der Waals surface area contributed by atoms with Crippen LogP contribution in [0.3, 0.4) is 0 Å². The second kappa shape index (κ2) is 5.89. The van der Waals surface area contributed by atoms with E-state index >= 15 is 0 Å². The molecular weight excluding hydrogens is 266 g/mol. The number of ether oxygens (including phenoxy) is 1. The van der Waals surface area contributed by atoms with Crippen LogP contribution in [0.2, 0.25) is 5.02 Å². The number of benzene rings is 1. The van der Waals surface area contributed by atoms with Crippen molar-refractivity contribution in [2.75, 3.05) is 13.7 Å². The van der Waals surface area contributed by atoms with Gasteiger partial charge in [0.2, 0.25) is 5.91 Å². The molecule has 1 aromatic rings. The molecule has 1 aliphatic carbocycles. The summed E-state index contributed by atoms with van der Waals surface area (Å²) in [6.45, 7) is 0.306. The summed E-state index contributed by atoms with van der Waals surface area (Å²) in [7, 11) is 1.31. The average molecular weight is 280 g/mol. The number of hydrogen-bond donors (Lipinski definition) is 1. The van der Waals surface area contributed by atoms with Crippen LogP contribution in [0, 0.1) is 0 Å². The van der Waals surface area contributed by atoms with Crippen LogP contribution < -0.4 is 5.32 Å². The maximum absolute atomic E-state index is 11.9. The molecule has 0 aliphatic heterocycles. The van der Waals surface area contributed by atoms with Crippen LogP contribution in [0.5, 0.6) is 0 Å². The van der Waals surface area contributed by atoms with Gasteiger partial charge in [0.15, 0.2) is 0 Å². The van der Waals surface area contributed by atoms with Gasteiger partial charge in [0.05, 0.1) is 13.0 Å². The molecule has 4 nitrogen and oxygen atoms in total. The predicted octanol–water partition coefficient (Wildman–Crippen LogP) is 1.83. The molecule has 0 aromatic heterocycles. The van der Waals surface area contributed by atoms with Gasteiger partial charge in [-0.05, 0) is 29.7 Å². The maximum Gasteiger partial charge on any atom is 0.330 e. The van der Waals surface area contributed by atoms with E-state index in [0.717, 1.165) is 17.5 Å². The zero-order valence-electron chi connectivity index (χ0n) is 10.5. The van der Waals surface area contributed by atoms with Crippen LogP contribution in [0.25, 0.3) is 0 Å². The highest BCUT2D eigenvalue weighted by atomic mass is 35.5. The number of fused-ring (bicyclic) bond motifs is 1. The minimum absolute atomic E-state index is 0.0516. The van der Waals surface area contributed by atoms with Gasteiger partial charge in [0, 0.05) is 17.6 Å². The summed E-state index contributed by atoms with van der Waals surface area (Å²) in [4.78, 5) is 22.7. The number of esters is 1. The van der Waals surface area contributed by atoms with Crippen LogP contribution in [0.4, 0.5) is 0 Å². The Morgan fingerprint density at radius 3 is 3.05 bits per heavy atom. The van der Waals surface area contributed by atoms with Gasteiger partial charge in [-0.1, -0.05) is 23.7 Å². The molecule has 0 saturated carbocycles. The van der Waals surface area contributed by atoms with Crippen molar-refractivity contribution in [1.29, 1.82) is 0 Å². The Bertz CT molecular complexity index is 539. The van der Waals surface area contributed by atoms with Gasteiger partial charge in [-0.3, -0.25) is 4.79 Å². The third-order valence-electron chi connectivity index (χ3n) is 3.07. The van der Waals surface area contributed by atoms with Gasteiger partial charge < -0.3 is 10.1 Å². The molecule has 1 amide bonds.